The number of alkyl halides is 3. The highest BCUT2D eigenvalue weighted by molar-refractivity contribution is 7.91. The molecule has 6 rings (SSSR count). The lowest BCUT2D eigenvalue weighted by Crippen LogP contribution is -2.60. The van der Waals surface area contributed by atoms with E-state index in [2.05, 4.69) is 20.3 Å². The molecular formula is C40H52F3N5O9S. The largest absolute Gasteiger partial charge is 0.481 e. The second-order valence-electron chi connectivity index (χ2n) is 16.9. The summed E-state index contributed by atoms with van der Waals surface area (Å²) in [5.41, 5.74) is -4.53. The first-order valence-electron chi connectivity index (χ1n) is 19.7. The first-order chi connectivity index (χ1) is 27.1. The molecule has 3 heterocycles. The summed E-state index contributed by atoms with van der Waals surface area (Å²) in [6, 6.07) is 6.19. The van der Waals surface area contributed by atoms with Crippen LogP contribution < -0.4 is 24.8 Å². The maximum atomic E-state index is 14.9. The molecule has 1 aromatic carbocycles. The number of rotatable bonds is 9. The Morgan fingerprint density at radius 3 is 2.48 bits per heavy atom. The van der Waals surface area contributed by atoms with E-state index < -0.39 is 85.9 Å². The third-order valence-electron chi connectivity index (χ3n) is 12.1. The molecule has 4 amide bonds. The molecule has 2 saturated carbocycles. The summed E-state index contributed by atoms with van der Waals surface area (Å²) >= 11 is 0. The fourth-order valence-corrected chi connectivity index (χ4v) is 9.07. The molecule has 1 aromatic heterocycles. The van der Waals surface area contributed by atoms with Gasteiger partial charge in [0.2, 0.25) is 39.2 Å². The Bertz CT molecular complexity index is 2070. The number of amides is 4. The summed E-state index contributed by atoms with van der Waals surface area (Å²) in [7, 11) is -2.64. The van der Waals surface area contributed by atoms with E-state index in [-0.39, 0.29) is 37.1 Å². The molecule has 1 unspecified atom stereocenters. The standard InChI is InChI=1S/C40H52F3N5O9S/c1-7-24-18-23(2)12-8-10-14-26-21-39(26,35(51)47-58(53,54)38(5)16-17-38)46-32(49)29-20-27(56-33-28-15-11-9-13-25(28)19-30(44-33)55-6)22-48(29)34(50)31(24)45-36(52)57-37(3,4)40(41,42)43/h9-11,13-15,19,23-24,26-27,29,31H,7-8,12,16-18,20-22H2,1-6H3,(H,45,52)(H,46,49)(H,47,51)/b14-10-/t23-,24+,26?,27+,29-,31-,39+/m0/s1. The maximum absolute atomic E-state index is 14.9. The average molecular weight is 836 g/mol. The zero-order chi connectivity index (χ0) is 42.4. The molecule has 0 radical (unpaired) electrons. The smallest absolute Gasteiger partial charge is 0.427 e. The van der Waals surface area contributed by atoms with E-state index >= 15 is 0 Å². The summed E-state index contributed by atoms with van der Waals surface area (Å²) in [4.78, 5) is 62.3. The van der Waals surface area contributed by atoms with Gasteiger partial charge in [-0.1, -0.05) is 50.6 Å². The summed E-state index contributed by atoms with van der Waals surface area (Å²) in [5.74, 6) is -3.20. The number of hydrogen-bond acceptors (Lipinski definition) is 10. The minimum atomic E-state index is -4.91. The van der Waals surface area contributed by atoms with Crippen molar-refractivity contribution in [2.45, 2.75) is 126 Å². The van der Waals surface area contributed by atoms with Gasteiger partial charge < -0.3 is 29.7 Å². The predicted octanol–water partition coefficient (Wildman–Crippen LogP) is 5.30. The number of carbonyl (C=O) groups is 4. The van der Waals surface area contributed by atoms with Crippen LogP contribution in [0.5, 0.6) is 11.8 Å². The van der Waals surface area contributed by atoms with Gasteiger partial charge in [0.05, 0.1) is 18.4 Å². The quantitative estimate of drug-likeness (QED) is 0.281. The molecular weight excluding hydrogens is 784 g/mol. The predicted molar refractivity (Wildman–Crippen MR) is 206 cm³/mol. The number of methoxy groups -OCH3 is 1. The summed E-state index contributed by atoms with van der Waals surface area (Å²) in [5, 5.41) is 6.60. The van der Waals surface area contributed by atoms with Crippen molar-refractivity contribution in [3.8, 4) is 11.8 Å². The first-order valence-corrected chi connectivity index (χ1v) is 21.1. The Morgan fingerprint density at radius 2 is 1.83 bits per heavy atom. The van der Waals surface area contributed by atoms with Crippen LogP contribution in [0.25, 0.3) is 10.8 Å². The molecule has 2 aliphatic carbocycles. The van der Waals surface area contributed by atoms with Crippen molar-refractivity contribution in [2.75, 3.05) is 13.7 Å². The van der Waals surface area contributed by atoms with Crippen molar-refractivity contribution < 1.29 is 55.0 Å². The first kappa shape index (κ1) is 43.0. The number of aromatic nitrogens is 1. The van der Waals surface area contributed by atoms with Gasteiger partial charge in [-0.3, -0.25) is 19.1 Å². The zero-order valence-corrected chi connectivity index (χ0v) is 34.3. The van der Waals surface area contributed by atoms with Crippen molar-refractivity contribution in [2.24, 2.45) is 17.8 Å². The number of carbonyl (C=O) groups excluding carboxylic acids is 4. The third kappa shape index (κ3) is 8.71. The highest BCUT2D eigenvalue weighted by Gasteiger charge is 2.63. The molecule has 2 aromatic rings. The van der Waals surface area contributed by atoms with Gasteiger partial charge in [-0.15, -0.1) is 0 Å². The minimum absolute atomic E-state index is 0.0335. The second-order valence-corrected chi connectivity index (χ2v) is 19.1. The number of alkyl carbamates (subject to hydrolysis) is 1. The molecule has 7 atom stereocenters. The normalized spacial score (nSPS) is 29.4. The van der Waals surface area contributed by atoms with Crippen LogP contribution in [0.15, 0.2) is 42.5 Å². The molecule has 1 saturated heterocycles. The molecule has 0 bridgehead atoms. The van der Waals surface area contributed by atoms with E-state index in [1.54, 1.807) is 31.2 Å². The fourth-order valence-electron chi connectivity index (χ4n) is 7.76. The van der Waals surface area contributed by atoms with Crippen molar-refractivity contribution in [3.05, 3.63) is 42.5 Å². The monoisotopic (exact) mass is 835 g/mol. The van der Waals surface area contributed by atoms with E-state index in [0.29, 0.717) is 57.8 Å². The number of benzene rings is 1. The number of nitrogens with zero attached hydrogens (tertiary/aromatic N) is 2. The SMILES string of the molecule is CC[C@@H]1C[C@@H](C)CC/C=C\C2C[C@@]2(C(=O)NS(=O)(=O)C2(C)CC2)NC(=O)[C@@H]2C[C@@H](Oc3nc(OC)cc4ccccc34)CN2C(=O)[C@H]1NC(=O)OC(C)(C)C(F)(F)F. The van der Waals surface area contributed by atoms with Crippen LogP contribution in [0.1, 0.15) is 86.0 Å². The summed E-state index contributed by atoms with van der Waals surface area (Å²) in [6.45, 7) is 6.47. The van der Waals surface area contributed by atoms with Crippen LogP contribution in [-0.2, 0) is 29.1 Å². The van der Waals surface area contributed by atoms with E-state index in [1.165, 1.54) is 18.9 Å². The highest BCUT2D eigenvalue weighted by Crippen LogP contribution is 2.48. The zero-order valence-electron chi connectivity index (χ0n) is 33.5. The Hall–Kier alpha value is -4.61. The molecule has 3 fully saturated rings. The van der Waals surface area contributed by atoms with Gasteiger partial charge >= 0.3 is 12.3 Å². The molecule has 0 spiro atoms. The van der Waals surface area contributed by atoms with E-state index in [0.717, 1.165) is 5.39 Å². The molecule has 2 aliphatic heterocycles. The number of hydrogen-bond donors (Lipinski definition) is 3. The highest BCUT2D eigenvalue weighted by atomic mass is 32.2. The maximum Gasteiger partial charge on any atom is 0.427 e. The van der Waals surface area contributed by atoms with Gasteiger partial charge in [0, 0.05) is 23.8 Å². The van der Waals surface area contributed by atoms with Crippen LogP contribution in [0.3, 0.4) is 0 Å². The second kappa shape index (κ2) is 15.9. The van der Waals surface area contributed by atoms with Crippen molar-refractivity contribution >= 4 is 44.6 Å². The lowest BCUT2D eigenvalue weighted by atomic mass is 9.85. The number of nitrogens with one attached hydrogen (secondary N) is 3. The number of halogens is 3. The molecule has 58 heavy (non-hydrogen) atoms. The Kier molecular flexibility index (Phi) is 11.8. The average Bonchev–Trinajstić information content (AvgIpc) is 4.03. The van der Waals surface area contributed by atoms with Crippen LogP contribution in [-0.4, -0.2) is 96.0 Å². The van der Waals surface area contributed by atoms with Gasteiger partial charge in [-0.25, -0.2) is 13.2 Å². The molecule has 14 nitrogen and oxygen atoms in total. The van der Waals surface area contributed by atoms with E-state index in [9.17, 15) is 40.8 Å². The van der Waals surface area contributed by atoms with Crippen LogP contribution in [0.4, 0.5) is 18.0 Å². The van der Waals surface area contributed by atoms with Gasteiger partial charge in [0.1, 0.15) is 23.7 Å². The topological polar surface area (TPSA) is 182 Å². The van der Waals surface area contributed by atoms with Gasteiger partial charge in [0.25, 0.3) is 5.91 Å². The lowest BCUT2D eigenvalue weighted by molar-refractivity contribution is -0.244. The number of pyridine rings is 1. The number of allylic oxidation sites excluding steroid dienone is 1. The molecule has 18 heteroatoms. The number of fused-ring (bicyclic) bond motifs is 3. The van der Waals surface area contributed by atoms with Crippen molar-refractivity contribution in [1.82, 2.24) is 25.2 Å². The van der Waals surface area contributed by atoms with Crippen LogP contribution >= 0.6 is 0 Å². The Labute approximate surface area is 336 Å². The Morgan fingerprint density at radius 1 is 1.12 bits per heavy atom. The van der Waals surface area contributed by atoms with E-state index in [4.69, 9.17) is 14.2 Å². The van der Waals surface area contributed by atoms with Crippen LogP contribution in [0, 0.1) is 17.8 Å². The fraction of sp³-hybridized carbons (Fsp3) is 0.625. The van der Waals surface area contributed by atoms with Crippen molar-refractivity contribution in [1.29, 1.82) is 0 Å². The van der Waals surface area contributed by atoms with Gasteiger partial charge in [-0.2, -0.15) is 18.2 Å². The van der Waals surface area contributed by atoms with Crippen molar-refractivity contribution in [3.63, 3.8) is 0 Å². The third-order valence-corrected chi connectivity index (χ3v) is 14.2. The van der Waals surface area contributed by atoms with Gasteiger partial charge in [-0.05, 0) is 82.6 Å². The Balaban J connectivity index is 1.38. The number of ether oxygens (including phenoxy) is 3. The van der Waals surface area contributed by atoms with Gasteiger partial charge in [0.15, 0.2) is 0 Å². The molecule has 318 valence electrons. The lowest BCUT2D eigenvalue weighted by Gasteiger charge is -2.35. The number of sulfonamides is 1. The van der Waals surface area contributed by atoms with Crippen LogP contribution in [0.2, 0.25) is 0 Å². The summed E-state index contributed by atoms with van der Waals surface area (Å²) < 4.78 is 85.5. The minimum Gasteiger partial charge on any atom is -0.481 e. The molecule has 4 aliphatic rings. The van der Waals surface area contributed by atoms with E-state index in [1.807, 2.05) is 25.1 Å². The molecule has 3 N–H and O–H groups in total. The summed E-state index contributed by atoms with van der Waals surface area (Å²) in [6.07, 6.45) is -0.967.